The van der Waals surface area contributed by atoms with Crippen molar-refractivity contribution in [3.05, 3.63) is 46.4 Å². The molecule has 0 N–H and O–H groups in total. The van der Waals surface area contributed by atoms with Gasteiger partial charge in [-0.15, -0.1) is 5.10 Å². The molecule has 9 nitrogen and oxygen atoms in total. The molecule has 1 aromatic carbocycles. The molecule has 1 aliphatic carbocycles. The van der Waals surface area contributed by atoms with E-state index in [0.29, 0.717) is 23.4 Å². The number of tetrazole rings is 1. The Kier molecular flexibility index (Phi) is 7.02. The molecule has 1 atom stereocenters. The predicted molar refractivity (Wildman–Crippen MR) is 128 cm³/mol. The molecule has 3 aromatic rings. The average Bonchev–Trinajstić information content (AvgIpc) is 3.36. The zero-order valence-electron chi connectivity index (χ0n) is 19.6. The third-order valence-corrected chi connectivity index (χ3v) is 7.47. The fourth-order valence-corrected chi connectivity index (χ4v) is 5.48. The smallest absolute Gasteiger partial charge is 0.297 e. The topological polar surface area (TPSA) is 90.8 Å². The van der Waals surface area contributed by atoms with Gasteiger partial charge >= 0.3 is 0 Å². The summed E-state index contributed by atoms with van der Waals surface area (Å²) >= 11 is 1.29. The Morgan fingerprint density at radius 2 is 1.91 bits per heavy atom. The highest BCUT2D eigenvalue weighted by molar-refractivity contribution is 8.00. The van der Waals surface area contributed by atoms with Gasteiger partial charge in [-0.25, -0.2) is 4.68 Å². The summed E-state index contributed by atoms with van der Waals surface area (Å²) in [4.78, 5) is 28.7. The van der Waals surface area contributed by atoms with Crippen molar-refractivity contribution in [2.24, 2.45) is 7.05 Å². The molecule has 2 heterocycles. The Morgan fingerprint density at radius 3 is 2.58 bits per heavy atom. The second kappa shape index (κ2) is 9.94. The van der Waals surface area contributed by atoms with Crippen molar-refractivity contribution in [3.8, 4) is 11.4 Å². The lowest BCUT2D eigenvalue weighted by Gasteiger charge is -2.35. The summed E-state index contributed by atoms with van der Waals surface area (Å²) in [6, 6.07) is 9.76. The van der Waals surface area contributed by atoms with Gasteiger partial charge in [-0.05, 0) is 56.2 Å². The molecule has 10 heteroatoms. The van der Waals surface area contributed by atoms with Gasteiger partial charge in [-0.2, -0.15) is 4.68 Å². The highest BCUT2D eigenvalue weighted by atomic mass is 32.2. The first-order valence-corrected chi connectivity index (χ1v) is 12.4. The molecule has 176 valence electrons. The number of carbonyl (C=O) groups excluding carboxylic acids is 1. The number of hydrogen-bond acceptors (Lipinski definition) is 6. The number of aromatic nitrogens is 6. The second-order valence-electron chi connectivity index (χ2n) is 8.46. The van der Waals surface area contributed by atoms with Crippen molar-refractivity contribution in [1.82, 2.24) is 34.5 Å². The molecule has 1 aliphatic rings. The summed E-state index contributed by atoms with van der Waals surface area (Å²) in [7, 11) is 1.83. The van der Waals surface area contributed by atoms with Crippen LogP contribution in [0.5, 0.6) is 0 Å². The number of hydrogen-bond donors (Lipinski definition) is 0. The molecular weight excluding hydrogens is 438 g/mol. The molecule has 33 heavy (non-hydrogen) atoms. The molecule has 2 aromatic heterocycles. The van der Waals surface area contributed by atoms with E-state index in [4.69, 9.17) is 0 Å². The molecule has 0 spiro atoms. The van der Waals surface area contributed by atoms with E-state index in [-0.39, 0.29) is 16.7 Å². The van der Waals surface area contributed by atoms with Gasteiger partial charge in [0.05, 0.1) is 16.6 Å². The molecule has 0 saturated heterocycles. The lowest BCUT2D eigenvalue weighted by atomic mass is 9.94. The van der Waals surface area contributed by atoms with Crippen LogP contribution in [0.15, 0.2) is 40.3 Å². The first-order valence-electron chi connectivity index (χ1n) is 11.5. The first kappa shape index (κ1) is 23.3. The van der Waals surface area contributed by atoms with Crippen molar-refractivity contribution in [2.45, 2.75) is 69.3 Å². The average molecular weight is 470 g/mol. The SMILES string of the molecule is CCN(C(=O)C(C)Sc1nnnn1-c1c(C)n(C)n(-c2ccccc2)c1=O)C1CCCCC1. The standard InChI is InChI=1S/C23H31N7O2S/c1-5-28(18-12-8-6-9-13-18)21(31)17(3)33-23-24-25-26-29(23)20-16(2)27(4)30(22(20)32)19-14-10-7-11-15-19/h7,10-11,14-15,17-18H,5-6,8-9,12-13H2,1-4H3. The quantitative estimate of drug-likeness (QED) is 0.494. The molecular formula is C23H31N7O2S. The van der Waals surface area contributed by atoms with E-state index in [1.807, 2.05) is 63.1 Å². The van der Waals surface area contributed by atoms with E-state index in [0.717, 1.165) is 24.2 Å². The van der Waals surface area contributed by atoms with Crippen molar-refractivity contribution in [1.29, 1.82) is 0 Å². The van der Waals surface area contributed by atoms with Crippen molar-refractivity contribution >= 4 is 17.7 Å². The number of benzene rings is 1. The largest absolute Gasteiger partial charge is 0.339 e. The van der Waals surface area contributed by atoms with Crippen LogP contribution < -0.4 is 5.56 Å². The highest BCUT2D eigenvalue weighted by Gasteiger charge is 2.30. The van der Waals surface area contributed by atoms with E-state index in [2.05, 4.69) is 15.5 Å². The fourth-order valence-electron chi connectivity index (χ4n) is 4.62. The first-order chi connectivity index (χ1) is 15.9. The van der Waals surface area contributed by atoms with Crippen LogP contribution in [0.1, 0.15) is 51.6 Å². The third-order valence-electron chi connectivity index (χ3n) is 6.45. The van der Waals surface area contributed by atoms with Crippen LogP contribution in [-0.2, 0) is 11.8 Å². The number of para-hydroxylation sites is 1. The van der Waals surface area contributed by atoms with Gasteiger partial charge in [-0.1, -0.05) is 49.2 Å². The van der Waals surface area contributed by atoms with Crippen LogP contribution in [0.2, 0.25) is 0 Å². The molecule has 0 aliphatic heterocycles. The minimum atomic E-state index is -0.364. The van der Waals surface area contributed by atoms with Crippen LogP contribution in [0, 0.1) is 6.92 Å². The van der Waals surface area contributed by atoms with Crippen LogP contribution in [0.4, 0.5) is 0 Å². The Labute approximate surface area is 197 Å². The van der Waals surface area contributed by atoms with E-state index in [1.54, 1.807) is 9.36 Å². The van der Waals surface area contributed by atoms with Gasteiger partial charge in [0, 0.05) is 19.6 Å². The van der Waals surface area contributed by atoms with Gasteiger partial charge in [0.25, 0.3) is 5.56 Å². The number of amides is 1. The molecule has 1 fully saturated rings. The summed E-state index contributed by atoms with van der Waals surface area (Å²) < 4.78 is 4.85. The normalized spacial score (nSPS) is 15.5. The van der Waals surface area contributed by atoms with E-state index in [9.17, 15) is 9.59 Å². The van der Waals surface area contributed by atoms with Gasteiger partial charge in [-0.3, -0.25) is 14.3 Å². The molecule has 0 bridgehead atoms. The van der Waals surface area contributed by atoms with Gasteiger partial charge in [0.2, 0.25) is 11.1 Å². The Balaban J connectivity index is 1.61. The number of thioether (sulfide) groups is 1. The van der Waals surface area contributed by atoms with Crippen molar-refractivity contribution in [2.75, 3.05) is 6.54 Å². The number of rotatable bonds is 7. The zero-order valence-corrected chi connectivity index (χ0v) is 20.5. The maximum Gasteiger partial charge on any atom is 0.297 e. The van der Waals surface area contributed by atoms with Crippen LogP contribution >= 0.6 is 11.8 Å². The summed E-state index contributed by atoms with van der Waals surface area (Å²) in [6.45, 7) is 6.48. The Morgan fingerprint density at radius 1 is 1.21 bits per heavy atom. The minimum absolute atomic E-state index is 0.0930. The van der Waals surface area contributed by atoms with Crippen LogP contribution in [-0.4, -0.2) is 58.2 Å². The maximum atomic E-state index is 13.4. The third kappa shape index (κ3) is 4.48. The fraction of sp³-hybridized carbons (Fsp3) is 0.522. The summed E-state index contributed by atoms with van der Waals surface area (Å²) in [5.74, 6) is 0.0930. The molecule has 1 saturated carbocycles. The van der Waals surface area contributed by atoms with E-state index < -0.39 is 0 Å². The molecule has 1 unspecified atom stereocenters. The number of carbonyl (C=O) groups is 1. The van der Waals surface area contributed by atoms with E-state index in [1.165, 1.54) is 35.7 Å². The molecule has 1 amide bonds. The minimum Gasteiger partial charge on any atom is -0.339 e. The lowest BCUT2D eigenvalue weighted by molar-refractivity contribution is -0.133. The van der Waals surface area contributed by atoms with Gasteiger partial charge < -0.3 is 4.90 Å². The van der Waals surface area contributed by atoms with Crippen molar-refractivity contribution < 1.29 is 4.79 Å². The van der Waals surface area contributed by atoms with E-state index >= 15 is 0 Å². The zero-order chi connectivity index (χ0) is 23.5. The van der Waals surface area contributed by atoms with Crippen LogP contribution in [0.3, 0.4) is 0 Å². The maximum absolute atomic E-state index is 13.4. The monoisotopic (exact) mass is 469 g/mol. The Hall–Kier alpha value is -2.88. The van der Waals surface area contributed by atoms with Crippen molar-refractivity contribution in [3.63, 3.8) is 0 Å². The summed E-state index contributed by atoms with van der Waals surface area (Å²) in [5.41, 5.74) is 1.66. The molecule has 0 radical (unpaired) electrons. The summed E-state index contributed by atoms with van der Waals surface area (Å²) in [6.07, 6.45) is 5.73. The highest BCUT2D eigenvalue weighted by Crippen LogP contribution is 2.28. The summed E-state index contributed by atoms with van der Waals surface area (Å²) in [5, 5.41) is 12.1. The predicted octanol–water partition coefficient (Wildman–Crippen LogP) is 3.12. The number of nitrogens with zero attached hydrogens (tertiary/aromatic N) is 7. The molecule has 4 rings (SSSR count). The van der Waals surface area contributed by atoms with Gasteiger partial charge in [0.1, 0.15) is 0 Å². The Bertz CT molecular complexity index is 1160. The lowest BCUT2D eigenvalue weighted by Crippen LogP contribution is -2.44. The van der Waals surface area contributed by atoms with Crippen LogP contribution in [0.25, 0.3) is 11.4 Å². The van der Waals surface area contributed by atoms with Gasteiger partial charge in [0.15, 0.2) is 5.69 Å². The second-order valence-corrected chi connectivity index (χ2v) is 9.77.